The molecule has 0 unspecified atom stereocenters. The van der Waals surface area contributed by atoms with E-state index in [1.165, 1.54) is 0 Å². The smallest absolute Gasteiger partial charge is 0.255 e. The number of aromatic nitrogens is 1. The van der Waals surface area contributed by atoms with Gasteiger partial charge in [-0.1, -0.05) is 30.3 Å². The minimum Gasteiger partial charge on any atom is -0.382 e. The highest BCUT2D eigenvalue weighted by Gasteiger charge is 2.14. The van der Waals surface area contributed by atoms with E-state index in [9.17, 15) is 8.78 Å². The molecule has 0 aliphatic rings. The zero-order valence-corrected chi connectivity index (χ0v) is 9.68. The van der Waals surface area contributed by atoms with Crippen LogP contribution in [0.15, 0.2) is 30.3 Å². The molecule has 0 aliphatic heterocycles. The molecule has 0 aliphatic carbocycles. The first-order valence-electron chi connectivity index (χ1n) is 5.01. The summed E-state index contributed by atoms with van der Waals surface area (Å²) in [6.45, 7) is -0.401. The van der Waals surface area contributed by atoms with Crippen molar-refractivity contribution in [2.24, 2.45) is 0 Å². The summed E-state index contributed by atoms with van der Waals surface area (Å²) in [6, 6.07) is 9.35. The van der Waals surface area contributed by atoms with Gasteiger partial charge in [0.25, 0.3) is 6.43 Å². The van der Waals surface area contributed by atoms with Crippen LogP contribution in [0, 0.1) is 0 Å². The average Bonchev–Trinajstić information content (AvgIpc) is 2.69. The summed E-state index contributed by atoms with van der Waals surface area (Å²) in [7, 11) is 0. The number of nitrogen functional groups attached to an aromatic ring is 1. The average molecular weight is 255 g/mol. The van der Waals surface area contributed by atoms with E-state index < -0.39 is 13.0 Å². The van der Waals surface area contributed by atoms with E-state index in [4.69, 9.17) is 5.73 Å². The van der Waals surface area contributed by atoms with Crippen molar-refractivity contribution >= 4 is 22.4 Å². The fraction of sp³-hybridized carbons (Fsp3) is 0.182. The van der Waals surface area contributed by atoms with Gasteiger partial charge < -0.3 is 11.1 Å². The number of nitrogens with one attached hydrogen (secondary N) is 1. The van der Waals surface area contributed by atoms with E-state index in [2.05, 4.69) is 9.69 Å². The molecule has 0 bridgehead atoms. The van der Waals surface area contributed by atoms with E-state index >= 15 is 0 Å². The Morgan fingerprint density at radius 1 is 1.29 bits per heavy atom. The molecule has 3 nitrogen and oxygen atoms in total. The summed E-state index contributed by atoms with van der Waals surface area (Å²) >= 11 is 1.09. The summed E-state index contributed by atoms with van der Waals surface area (Å²) in [5, 5.41) is 3.24. The third-order valence-electron chi connectivity index (χ3n) is 2.20. The van der Waals surface area contributed by atoms with Gasteiger partial charge in [-0.25, -0.2) is 8.78 Å². The Hall–Kier alpha value is -1.69. The molecule has 0 fully saturated rings. The Bertz CT molecular complexity index is 485. The van der Waals surface area contributed by atoms with Crippen LogP contribution in [0.5, 0.6) is 0 Å². The Balaban J connectivity index is 2.30. The Labute approximate surface area is 101 Å². The van der Waals surface area contributed by atoms with Gasteiger partial charge >= 0.3 is 0 Å². The minimum absolute atomic E-state index is 0.359. The number of hydrogen-bond acceptors (Lipinski definition) is 4. The molecule has 2 aromatic rings. The standard InChI is InChI=1S/C11H11F2N3S/c12-8(13)6-15-11-9(10(14)16-17-11)7-4-2-1-3-5-7/h1-5,8,15H,6H2,(H2,14,16). The summed E-state index contributed by atoms with van der Waals surface area (Å²) in [5.74, 6) is 0.359. The largest absolute Gasteiger partial charge is 0.382 e. The van der Waals surface area contributed by atoms with Gasteiger partial charge in [0.2, 0.25) is 0 Å². The van der Waals surface area contributed by atoms with Crippen molar-refractivity contribution in [1.82, 2.24) is 4.37 Å². The monoisotopic (exact) mass is 255 g/mol. The van der Waals surface area contributed by atoms with E-state index in [-0.39, 0.29) is 0 Å². The molecule has 6 heteroatoms. The van der Waals surface area contributed by atoms with Crippen LogP contribution in [0.3, 0.4) is 0 Å². The van der Waals surface area contributed by atoms with Crippen LogP contribution in [0.2, 0.25) is 0 Å². The van der Waals surface area contributed by atoms with Crippen molar-refractivity contribution in [2.75, 3.05) is 17.6 Å². The molecule has 2 rings (SSSR count). The zero-order valence-electron chi connectivity index (χ0n) is 8.86. The summed E-state index contributed by atoms with van der Waals surface area (Å²) in [6.07, 6.45) is -2.40. The number of hydrogen-bond donors (Lipinski definition) is 2. The van der Waals surface area contributed by atoms with Crippen LogP contribution in [-0.2, 0) is 0 Å². The van der Waals surface area contributed by atoms with Crippen molar-refractivity contribution in [3.63, 3.8) is 0 Å². The zero-order chi connectivity index (χ0) is 12.3. The van der Waals surface area contributed by atoms with E-state index in [1.54, 1.807) is 0 Å². The van der Waals surface area contributed by atoms with Gasteiger partial charge in [-0.3, -0.25) is 0 Å². The molecule has 0 saturated heterocycles. The van der Waals surface area contributed by atoms with Crippen molar-refractivity contribution in [3.8, 4) is 11.1 Å². The second-order valence-corrected chi connectivity index (χ2v) is 4.18. The molecule has 0 atom stereocenters. The molecule has 3 N–H and O–H groups in total. The highest BCUT2D eigenvalue weighted by molar-refractivity contribution is 7.11. The van der Waals surface area contributed by atoms with Gasteiger partial charge in [0.05, 0.1) is 12.1 Å². The maximum Gasteiger partial charge on any atom is 0.255 e. The highest BCUT2D eigenvalue weighted by Crippen LogP contribution is 2.36. The van der Waals surface area contributed by atoms with E-state index in [0.29, 0.717) is 16.4 Å². The van der Waals surface area contributed by atoms with Crippen LogP contribution in [0.25, 0.3) is 11.1 Å². The lowest BCUT2D eigenvalue weighted by molar-refractivity contribution is 0.163. The van der Waals surface area contributed by atoms with Crippen LogP contribution in [0.4, 0.5) is 19.6 Å². The number of alkyl halides is 2. The quantitative estimate of drug-likeness (QED) is 0.882. The second kappa shape index (κ2) is 5.09. The predicted octanol–water partition coefficient (Wildman–Crippen LogP) is 3.07. The lowest BCUT2D eigenvalue weighted by atomic mass is 10.1. The molecule has 1 heterocycles. The topological polar surface area (TPSA) is 50.9 Å². The van der Waals surface area contributed by atoms with Gasteiger partial charge in [-0.2, -0.15) is 4.37 Å². The van der Waals surface area contributed by atoms with Crippen LogP contribution >= 0.6 is 11.5 Å². The molecule has 1 aromatic carbocycles. The van der Waals surface area contributed by atoms with Crippen molar-refractivity contribution in [2.45, 2.75) is 6.43 Å². The molecule has 1 aromatic heterocycles. The van der Waals surface area contributed by atoms with Gasteiger partial charge in [-0.05, 0) is 17.1 Å². The Morgan fingerprint density at radius 2 is 2.00 bits per heavy atom. The SMILES string of the molecule is Nc1nsc(NCC(F)F)c1-c1ccccc1. The summed E-state index contributed by atoms with van der Waals surface area (Å²) in [5.41, 5.74) is 7.31. The first-order chi connectivity index (χ1) is 8.18. The number of nitrogens with zero attached hydrogens (tertiary/aromatic N) is 1. The molecule has 17 heavy (non-hydrogen) atoms. The normalized spacial score (nSPS) is 10.8. The fourth-order valence-corrected chi connectivity index (χ4v) is 2.22. The molecule has 0 spiro atoms. The number of benzene rings is 1. The van der Waals surface area contributed by atoms with Gasteiger partial charge in [0, 0.05) is 0 Å². The molecule has 90 valence electrons. The van der Waals surface area contributed by atoms with Crippen molar-refractivity contribution in [3.05, 3.63) is 30.3 Å². The van der Waals surface area contributed by atoms with Crippen LogP contribution in [-0.4, -0.2) is 17.3 Å². The minimum atomic E-state index is -2.40. The molecule has 0 amide bonds. The molecular formula is C11H11F2N3S. The van der Waals surface area contributed by atoms with Gasteiger partial charge in [0.1, 0.15) is 10.8 Å². The first-order valence-corrected chi connectivity index (χ1v) is 5.78. The van der Waals surface area contributed by atoms with Gasteiger partial charge in [-0.15, -0.1) is 0 Å². The van der Waals surface area contributed by atoms with Crippen molar-refractivity contribution < 1.29 is 8.78 Å². The van der Waals surface area contributed by atoms with E-state index in [1.807, 2.05) is 30.3 Å². The highest BCUT2D eigenvalue weighted by atomic mass is 32.1. The summed E-state index contributed by atoms with van der Waals surface area (Å²) in [4.78, 5) is 0. The Morgan fingerprint density at radius 3 is 2.65 bits per heavy atom. The fourth-order valence-electron chi connectivity index (χ4n) is 1.48. The van der Waals surface area contributed by atoms with Crippen LogP contribution < -0.4 is 11.1 Å². The first kappa shape index (κ1) is 11.8. The number of rotatable bonds is 4. The van der Waals surface area contributed by atoms with Gasteiger partial charge in [0.15, 0.2) is 0 Å². The summed E-state index contributed by atoms with van der Waals surface area (Å²) < 4.78 is 28.3. The predicted molar refractivity (Wildman–Crippen MR) is 66.5 cm³/mol. The number of halogens is 2. The number of anilines is 2. The van der Waals surface area contributed by atoms with E-state index in [0.717, 1.165) is 17.1 Å². The Kier molecular flexibility index (Phi) is 3.53. The van der Waals surface area contributed by atoms with Crippen molar-refractivity contribution in [1.29, 1.82) is 0 Å². The number of nitrogens with two attached hydrogens (primary N) is 1. The molecule has 0 radical (unpaired) electrons. The molecular weight excluding hydrogens is 244 g/mol. The third kappa shape index (κ3) is 2.71. The lowest BCUT2D eigenvalue weighted by Gasteiger charge is -2.06. The van der Waals surface area contributed by atoms with Crippen LogP contribution in [0.1, 0.15) is 0 Å². The second-order valence-electron chi connectivity index (χ2n) is 3.41. The lowest BCUT2D eigenvalue weighted by Crippen LogP contribution is -2.09. The maximum atomic E-state index is 12.2. The maximum absolute atomic E-state index is 12.2. The molecule has 0 saturated carbocycles. The third-order valence-corrected chi connectivity index (χ3v) is 3.02.